The third-order valence-electron chi connectivity index (χ3n) is 9.42. The van der Waals surface area contributed by atoms with Gasteiger partial charge in [-0.15, -0.1) is 0 Å². The molecule has 46 heavy (non-hydrogen) atoms. The Balaban J connectivity index is 1.54. The van der Waals surface area contributed by atoms with Crippen molar-refractivity contribution >= 4 is 40.9 Å². The van der Waals surface area contributed by atoms with Crippen molar-refractivity contribution in [2.45, 2.75) is 60.7 Å². The van der Waals surface area contributed by atoms with Crippen molar-refractivity contribution in [3.8, 4) is 34.8 Å². The van der Waals surface area contributed by atoms with Gasteiger partial charge in [0.1, 0.15) is 25.0 Å². The van der Waals surface area contributed by atoms with Crippen LogP contribution in [0.25, 0.3) is 0 Å². The van der Waals surface area contributed by atoms with E-state index in [1.807, 2.05) is 27.0 Å². The number of phenols is 1. The van der Waals surface area contributed by atoms with Gasteiger partial charge in [0.25, 0.3) is 0 Å². The van der Waals surface area contributed by atoms with E-state index in [0.29, 0.717) is 35.8 Å². The first-order chi connectivity index (χ1) is 21.9. The summed E-state index contributed by atoms with van der Waals surface area (Å²) in [6, 6.07) is 2.53. The number of rotatable bonds is 7. The highest BCUT2D eigenvalue weighted by atomic mass is 35.6. The van der Waals surface area contributed by atoms with Gasteiger partial charge in [0.2, 0.25) is 10.6 Å². The van der Waals surface area contributed by atoms with Crippen molar-refractivity contribution < 1.29 is 33.6 Å². The van der Waals surface area contributed by atoms with Gasteiger partial charge in [0.15, 0.2) is 23.0 Å². The molecule has 0 saturated carbocycles. The van der Waals surface area contributed by atoms with Crippen LogP contribution < -0.4 is 24.3 Å². The van der Waals surface area contributed by atoms with Crippen molar-refractivity contribution in [2.24, 2.45) is 0 Å². The summed E-state index contributed by atoms with van der Waals surface area (Å²) in [5.74, 6) is 2.22. The fourth-order valence-corrected chi connectivity index (χ4v) is 7.91. The second-order valence-electron chi connectivity index (χ2n) is 11.9. The number of halogens is 3. The summed E-state index contributed by atoms with van der Waals surface area (Å²) in [4.78, 5) is 17.2. The van der Waals surface area contributed by atoms with Crippen LogP contribution in [0.4, 0.5) is 4.79 Å². The molecule has 14 heteroatoms. The van der Waals surface area contributed by atoms with Crippen molar-refractivity contribution in [3.63, 3.8) is 0 Å². The van der Waals surface area contributed by atoms with Gasteiger partial charge >= 0.3 is 6.09 Å². The molecule has 2 N–H and O–H groups in total. The Morgan fingerprint density at radius 2 is 1.96 bits per heavy atom. The molecule has 4 aliphatic rings. The molecule has 2 aromatic carbocycles. The number of aromatic hydroxyl groups is 1. The lowest BCUT2D eigenvalue weighted by molar-refractivity contribution is -0.0723. The molecule has 246 valence electrons. The number of hydrogen-bond donors (Lipinski definition) is 2. The molecule has 4 aliphatic heterocycles. The molecular formula is C32H35Cl3N4O7. The van der Waals surface area contributed by atoms with Crippen LogP contribution in [-0.2, 0) is 17.6 Å². The first kappa shape index (κ1) is 32.7. The van der Waals surface area contributed by atoms with Gasteiger partial charge in [-0.3, -0.25) is 9.80 Å². The minimum Gasteiger partial charge on any atom is -0.504 e. The summed E-state index contributed by atoms with van der Waals surface area (Å²) in [7, 11) is 3.53. The van der Waals surface area contributed by atoms with Gasteiger partial charge < -0.3 is 34.1 Å². The number of nitrogens with one attached hydrogen (secondary N) is 1. The number of nitriles is 1. The van der Waals surface area contributed by atoms with Crippen LogP contribution in [0.15, 0.2) is 18.7 Å². The van der Waals surface area contributed by atoms with Crippen LogP contribution in [0.3, 0.4) is 0 Å². The van der Waals surface area contributed by atoms with Crippen LogP contribution >= 0.6 is 34.8 Å². The number of piperazine rings is 1. The summed E-state index contributed by atoms with van der Waals surface area (Å²) >= 11 is 17.4. The van der Waals surface area contributed by atoms with Crippen LogP contribution in [0, 0.1) is 25.2 Å². The third-order valence-corrected chi connectivity index (χ3v) is 9.74. The second kappa shape index (κ2) is 12.4. The Labute approximate surface area is 282 Å². The number of methoxy groups -OCH3 is 1. The number of hydrogen-bond acceptors (Lipinski definition) is 10. The molecule has 0 aliphatic carbocycles. The summed E-state index contributed by atoms with van der Waals surface area (Å²) in [5.41, 5.74) is 4.95. The van der Waals surface area contributed by atoms with E-state index in [9.17, 15) is 15.2 Å². The number of benzene rings is 2. The zero-order valence-corrected chi connectivity index (χ0v) is 28.1. The van der Waals surface area contributed by atoms with Gasteiger partial charge in [0.05, 0.1) is 25.3 Å². The number of carbonyl (C=O) groups excluding carboxylic acids is 1. The minimum atomic E-state index is -1.78. The molecule has 2 aromatic rings. The predicted octanol–water partition coefficient (Wildman–Crippen LogP) is 5.18. The van der Waals surface area contributed by atoms with E-state index in [2.05, 4.69) is 27.8 Å². The standard InChI is InChI=1S/C32H35Cl3N4O7/c1-6-7-43-28-16(3)29-30(46-14-45-29)24-18(28)10-20-25-23-17(8-15(2)27(42-5)26(23)40)9-19(38(25)4)21(11-36)39(20)22(24)12-37-31(41)44-13-32(33,34)35/h6,8,19-22,25,40H,1,7,9-10,12-14H2,2-5H3,(H,37,41)/t19?,20?,21-,22-,25?/m0/s1. The minimum absolute atomic E-state index is 0.0124. The highest BCUT2D eigenvalue weighted by Crippen LogP contribution is 2.58. The molecule has 1 fully saturated rings. The number of ether oxygens (including phenoxy) is 5. The maximum Gasteiger partial charge on any atom is 0.407 e. The highest BCUT2D eigenvalue weighted by Gasteiger charge is 2.56. The van der Waals surface area contributed by atoms with Crippen LogP contribution in [0.2, 0.25) is 0 Å². The molecular weight excluding hydrogens is 659 g/mol. The molecule has 2 bridgehead atoms. The van der Waals surface area contributed by atoms with Gasteiger partial charge in [-0.05, 0) is 44.9 Å². The van der Waals surface area contributed by atoms with Gasteiger partial charge in [0, 0.05) is 40.9 Å². The Bertz CT molecular complexity index is 1620. The number of nitrogens with zero attached hydrogens (tertiary/aromatic N) is 3. The number of amides is 1. The molecule has 5 atom stereocenters. The van der Waals surface area contributed by atoms with Crippen LogP contribution in [-0.4, -0.2) is 83.6 Å². The molecule has 1 amide bonds. The lowest BCUT2D eigenvalue weighted by Crippen LogP contribution is -2.68. The van der Waals surface area contributed by atoms with E-state index < -0.39 is 28.6 Å². The number of likely N-dealkylation sites (N-methyl/N-ethyl adjacent to an activating group) is 1. The van der Waals surface area contributed by atoms with E-state index >= 15 is 0 Å². The Morgan fingerprint density at radius 1 is 1.22 bits per heavy atom. The molecule has 0 radical (unpaired) electrons. The van der Waals surface area contributed by atoms with Crippen molar-refractivity contribution in [3.05, 3.63) is 52.1 Å². The molecule has 11 nitrogen and oxygen atoms in total. The van der Waals surface area contributed by atoms with Crippen LogP contribution in [0.1, 0.15) is 45.5 Å². The largest absolute Gasteiger partial charge is 0.504 e. The lowest BCUT2D eigenvalue weighted by atomic mass is 9.71. The predicted molar refractivity (Wildman–Crippen MR) is 171 cm³/mol. The van der Waals surface area contributed by atoms with Crippen molar-refractivity contribution in [1.29, 1.82) is 5.26 Å². The first-order valence-corrected chi connectivity index (χ1v) is 16.0. The molecule has 1 saturated heterocycles. The molecule has 3 unspecified atom stereocenters. The van der Waals surface area contributed by atoms with Gasteiger partial charge in [-0.2, -0.15) is 5.26 Å². The van der Waals surface area contributed by atoms with Crippen LogP contribution in [0.5, 0.6) is 28.7 Å². The summed E-state index contributed by atoms with van der Waals surface area (Å²) in [6.07, 6.45) is 1.85. The molecule has 6 rings (SSSR count). The third kappa shape index (κ3) is 5.34. The van der Waals surface area contributed by atoms with Crippen molar-refractivity contribution in [1.82, 2.24) is 15.1 Å². The highest BCUT2D eigenvalue weighted by molar-refractivity contribution is 6.67. The Hall–Kier alpha value is -3.27. The second-order valence-corrected chi connectivity index (χ2v) is 14.4. The Morgan fingerprint density at radius 3 is 2.63 bits per heavy atom. The zero-order chi connectivity index (χ0) is 33.1. The van der Waals surface area contributed by atoms with Gasteiger partial charge in [-0.1, -0.05) is 53.5 Å². The average molecular weight is 694 g/mol. The smallest absolute Gasteiger partial charge is 0.407 e. The van der Waals surface area contributed by atoms with Gasteiger partial charge in [-0.25, -0.2) is 4.79 Å². The van der Waals surface area contributed by atoms with E-state index in [0.717, 1.165) is 33.4 Å². The quantitative estimate of drug-likeness (QED) is 0.296. The molecule has 0 aromatic heterocycles. The number of alkyl halides is 3. The lowest BCUT2D eigenvalue weighted by Gasteiger charge is -2.60. The van der Waals surface area contributed by atoms with E-state index in [1.54, 1.807) is 6.08 Å². The number of carbonyl (C=O) groups is 1. The normalized spacial score (nSPS) is 24.6. The molecule has 4 heterocycles. The topological polar surface area (TPSA) is 126 Å². The van der Waals surface area contributed by atoms with E-state index in [-0.39, 0.29) is 43.8 Å². The van der Waals surface area contributed by atoms with E-state index in [4.69, 9.17) is 58.5 Å². The SMILES string of the molecule is C=CCOc1c(C)c2c(c3c1CC1C4c5c(cc(C)c(OC)c5O)CC([C@H](C#N)N1[C@H]3CNC(=O)OCC(Cl)(Cl)Cl)N4C)OCO2. The van der Waals surface area contributed by atoms with Crippen molar-refractivity contribution in [2.75, 3.05) is 40.7 Å². The Kier molecular flexibility index (Phi) is 8.80. The monoisotopic (exact) mass is 692 g/mol. The summed E-state index contributed by atoms with van der Waals surface area (Å²) in [6.45, 7) is 7.48. The number of aryl methyl sites for hydroxylation is 1. The fraction of sp³-hybridized carbons (Fsp3) is 0.500. The number of fused-ring (bicyclic) bond motifs is 9. The first-order valence-electron chi connectivity index (χ1n) is 14.9. The fourth-order valence-electron chi connectivity index (χ4n) is 7.75. The summed E-state index contributed by atoms with van der Waals surface area (Å²) in [5, 5.41) is 25.3. The zero-order valence-electron chi connectivity index (χ0n) is 25.9. The van der Waals surface area contributed by atoms with E-state index in [1.165, 1.54) is 7.11 Å². The maximum atomic E-state index is 12.9. The average Bonchev–Trinajstić information content (AvgIpc) is 3.49. The number of alkyl carbamates (subject to hydrolysis) is 1. The molecule has 0 spiro atoms. The maximum absolute atomic E-state index is 12.9. The summed E-state index contributed by atoms with van der Waals surface area (Å²) < 4.78 is 27.3. The number of phenolic OH excluding ortho intramolecular Hbond substituents is 1.